The van der Waals surface area contributed by atoms with Crippen molar-refractivity contribution in [3.8, 4) is 0 Å². The van der Waals surface area contributed by atoms with E-state index in [1.807, 2.05) is 64.0 Å². The number of likely N-dealkylation sites (tertiary alicyclic amines) is 1. The summed E-state index contributed by atoms with van der Waals surface area (Å²) in [5.74, 6) is -3.56. The third-order valence-corrected chi connectivity index (χ3v) is 6.93. The molecule has 2 aliphatic heterocycles. The SMILES string of the molecule is CCCCN1C(=O)C2C(c3ccc(N(C)C)cc3)NC(C(=O)O)(C(C)CC)C2C1=O. The number of carboxylic acid groups (broad SMARTS) is 1. The Bertz CT molecular complexity index is 822. The van der Waals surface area contributed by atoms with E-state index in [9.17, 15) is 19.5 Å². The number of nitrogens with zero attached hydrogens (tertiary/aromatic N) is 2. The van der Waals surface area contributed by atoms with Gasteiger partial charge in [0.05, 0.1) is 11.8 Å². The molecule has 0 spiro atoms. The largest absolute Gasteiger partial charge is 0.480 e. The first kappa shape index (κ1) is 22.3. The van der Waals surface area contributed by atoms with Crippen LogP contribution in [0.2, 0.25) is 0 Å². The number of benzene rings is 1. The predicted octanol–water partition coefficient (Wildman–Crippen LogP) is 2.67. The standard InChI is InChI=1S/C23H33N3O4/c1-6-8-13-26-20(27)17-18(21(26)28)23(22(29)30,14(3)7-2)24-19(17)15-9-11-16(12-10-15)25(4)5/h9-12,14,17-19,24H,6-8,13H2,1-5H3,(H,29,30). The van der Waals surface area contributed by atoms with Crippen molar-refractivity contribution in [2.45, 2.75) is 51.6 Å². The van der Waals surface area contributed by atoms with Gasteiger partial charge in [-0.15, -0.1) is 0 Å². The van der Waals surface area contributed by atoms with Crippen molar-refractivity contribution in [2.24, 2.45) is 17.8 Å². The highest BCUT2D eigenvalue weighted by Crippen LogP contribution is 2.52. The molecule has 30 heavy (non-hydrogen) atoms. The molecule has 0 bridgehead atoms. The van der Waals surface area contributed by atoms with Gasteiger partial charge in [-0.05, 0) is 30.0 Å². The first-order valence-electron chi connectivity index (χ1n) is 10.8. The Hall–Kier alpha value is -2.41. The van der Waals surface area contributed by atoms with E-state index in [1.165, 1.54) is 4.90 Å². The average molecular weight is 416 g/mol. The number of carboxylic acids is 1. The van der Waals surface area contributed by atoms with Gasteiger partial charge >= 0.3 is 5.97 Å². The van der Waals surface area contributed by atoms with E-state index >= 15 is 0 Å². The summed E-state index contributed by atoms with van der Waals surface area (Å²) in [7, 11) is 3.89. The van der Waals surface area contributed by atoms with Gasteiger partial charge in [0.2, 0.25) is 11.8 Å². The molecular weight excluding hydrogens is 382 g/mol. The molecule has 0 aliphatic carbocycles. The Morgan fingerprint density at radius 1 is 1.20 bits per heavy atom. The average Bonchev–Trinajstić information content (AvgIpc) is 3.21. The van der Waals surface area contributed by atoms with Crippen LogP contribution >= 0.6 is 0 Å². The second kappa shape index (κ2) is 8.38. The summed E-state index contributed by atoms with van der Waals surface area (Å²) in [6.45, 7) is 6.12. The van der Waals surface area contributed by atoms with Crippen LogP contribution in [0.25, 0.3) is 0 Å². The van der Waals surface area contributed by atoms with Crippen LogP contribution in [-0.2, 0) is 14.4 Å². The minimum Gasteiger partial charge on any atom is -0.480 e. The number of hydrogen-bond acceptors (Lipinski definition) is 5. The van der Waals surface area contributed by atoms with Crippen molar-refractivity contribution in [1.82, 2.24) is 10.2 Å². The summed E-state index contributed by atoms with van der Waals surface area (Å²) in [5.41, 5.74) is 0.386. The number of nitrogens with one attached hydrogen (secondary N) is 1. The van der Waals surface area contributed by atoms with Gasteiger partial charge in [-0.3, -0.25) is 24.6 Å². The lowest BCUT2D eigenvalue weighted by Gasteiger charge is -2.36. The number of anilines is 1. The molecule has 1 aromatic rings. The topological polar surface area (TPSA) is 90.0 Å². The molecule has 1 aromatic carbocycles. The third kappa shape index (κ3) is 3.29. The van der Waals surface area contributed by atoms with Gasteiger partial charge in [0.25, 0.3) is 0 Å². The van der Waals surface area contributed by atoms with Crippen LogP contribution in [-0.4, -0.2) is 54.0 Å². The summed E-state index contributed by atoms with van der Waals surface area (Å²) in [6, 6.07) is 7.23. The summed E-state index contributed by atoms with van der Waals surface area (Å²) in [6.07, 6.45) is 2.16. The lowest BCUT2D eigenvalue weighted by molar-refractivity contribution is -0.154. The van der Waals surface area contributed by atoms with Gasteiger partial charge in [0, 0.05) is 32.4 Å². The van der Waals surface area contributed by atoms with Crippen molar-refractivity contribution < 1.29 is 19.5 Å². The van der Waals surface area contributed by atoms with Crippen LogP contribution in [0.1, 0.15) is 51.6 Å². The Kier molecular flexibility index (Phi) is 6.22. The molecule has 2 saturated heterocycles. The van der Waals surface area contributed by atoms with Gasteiger partial charge in [-0.1, -0.05) is 45.7 Å². The minimum absolute atomic E-state index is 0.251. The quantitative estimate of drug-likeness (QED) is 0.635. The normalized spacial score (nSPS) is 29.2. The van der Waals surface area contributed by atoms with Crippen molar-refractivity contribution in [1.29, 1.82) is 0 Å². The molecule has 2 heterocycles. The lowest BCUT2D eigenvalue weighted by atomic mass is 9.72. The smallest absolute Gasteiger partial charge is 0.325 e. The van der Waals surface area contributed by atoms with E-state index in [-0.39, 0.29) is 17.7 Å². The number of fused-ring (bicyclic) bond motifs is 1. The molecule has 2 amide bonds. The summed E-state index contributed by atoms with van der Waals surface area (Å²) >= 11 is 0. The molecule has 7 heteroatoms. The maximum atomic E-state index is 13.4. The van der Waals surface area contributed by atoms with Gasteiger partial charge in [0.1, 0.15) is 5.54 Å². The van der Waals surface area contributed by atoms with E-state index in [4.69, 9.17) is 0 Å². The minimum atomic E-state index is -1.46. The molecule has 3 rings (SSSR count). The molecule has 0 aromatic heterocycles. The van der Waals surface area contributed by atoms with Gasteiger partial charge < -0.3 is 10.0 Å². The highest BCUT2D eigenvalue weighted by molar-refractivity contribution is 6.09. The highest BCUT2D eigenvalue weighted by atomic mass is 16.4. The summed E-state index contributed by atoms with van der Waals surface area (Å²) in [5, 5.41) is 13.6. The number of hydrogen-bond donors (Lipinski definition) is 2. The van der Waals surface area contributed by atoms with Crippen molar-refractivity contribution >= 4 is 23.5 Å². The molecule has 0 saturated carbocycles. The first-order chi connectivity index (χ1) is 14.2. The predicted molar refractivity (Wildman–Crippen MR) is 115 cm³/mol. The number of rotatable bonds is 8. The molecule has 2 N–H and O–H groups in total. The van der Waals surface area contributed by atoms with Crippen LogP contribution < -0.4 is 10.2 Å². The molecule has 2 aliphatic rings. The van der Waals surface area contributed by atoms with Crippen molar-refractivity contribution in [3.05, 3.63) is 29.8 Å². The first-order valence-corrected chi connectivity index (χ1v) is 10.8. The van der Waals surface area contributed by atoms with Crippen LogP contribution in [0.15, 0.2) is 24.3 Å². The Labute approximate surface area is 178 Å². The molecule has 7 nitrogen and oxygen atoms in total. The second-order valence-electron chi connectivity index (χ2n) is 8.78. The monoisotopic (exact) mass is 415 g/mol. The van der Waals surface area contributed by atoms with Gasteiger partial charge in [0.15, 0.2) is 0 Å². The van der Waals surface area contributed by atoms with Gasteiger partial charge in [-0.25, -0.2) is 0 Å². The second-order valence-corrected chi connectivity index (χ2v) is 8.78. The zero-order valence-electron chi connectivity index (χ0n) is 18.5. The Morgan fingerprint density at radius 2 is 1.83 bits per heavy atom. The fourth-order valence-corrected chi connectivity index (χ4v) is 4.99. The van der Waals surface area contributed by atoms with E-state index in [0.717, 1.165) is 24.1 Å². The van der Waals surface area contributed by atoms with Crippen molar-refractivity contribution in [3.63, 3.8) is 0 Å². The van der Waals surface area contributed by atoms with E-state index in [1.54, 1.807) is 0 Å². The number of unbranched alkanes of at least 4 members (excludes halogenated alkanes) is 1. The number of amides is 2. The number of carbonyl (C=O) groups is 3. The fourth-order valence-electron chi connectivity index (χ4n) is 4.99. The van der Waals surface area contributed by atoms with Gasteiger partial charge in [-0.2, -0.15) is 0 Å². The van der Waals surface area contributed by atoms with Crippen LogP contribution in [0.3, 0.4) is 0 Å². The van der Waals surface area contributed by atoms with E-state index in [0.29, 0.717) is 13.0 Å². The summed E-state index contributed by atoms with van der Waals surface area (Å²) in [4.78, 5) is 42.6. The van der Waals surface area contributed by atoms with Crippen LogP contribution in [0.4, 0.5) is 5.69 Å². The third-order valence-electron chi connectivity index (χ3n) is 6.93. The molecule has 164 valence electrons. The molecular formula is C23H33N3O4. The lowest BCUT2D eigenvalue weighted by Crippen LogP contribution is -2.59. The zero-order chi connectivity index (χ0) is 22.2. The van der Waals surface area contributed by atoms with Crippen LogP contribution in [0, 0.1) is 17.8 Å². The van der Waals surface area contributed by atoms with Crippen LogP contribution in [0.5, 0.6) is 0 Å². The van der Waals surface area contributed by atoms with E-state index in [2.05, 4.69) is 5.32 Å². The summed E-state index contributed by atoms with van der Waals surface area (Å²) < 4.78 is 0. The molecule has 2 fully saturated rings. The Balaban J connectivity index is 2.10. The highest BCUT2D eigenvalue weighted by Gasteiger charge is 2.69. The van der Waals surface area contributed by atoms with E-state index < -0.39 is 29.4 Å². The zero-order valence-corrected chi connectivity index (χ0v) is 18.5. The maximum absolute atomic E-state index is 13.4. The molecule has 0 radical (unpaired) electrons. The maximum Gasteiger partial charge on any atom is 0.325 e. The number of carbonyl (C=O) groups excluding carboxylic acids is 2. The molecule has 5 unspecified atom stereocenters. The fraction of sp³-hybridized carbons (Fsp3) is 0.609. The van der Waals surface area contributed by atoms with Crippen molar-refractivity contribution in [2.75, 3.05) is 25.5 Å². The number of aliphatic carboxylic acids is 1. The Morgan fingerprint density at radius 3 is 2.33 bits per heavy atom. The number of imide groups is 1. The molecule has 5 atom stereocenters.